The summed E-state index contributed by atoms with van der Waals surface area (Å²) in [5.74, 6) is -2.63. The van der Waals surface area contributed by atoms with Gasteiger partial charge in [-0.15, -0.1) is 0 Å². The highest BCUT2D eigenvalue weighted by atomic mass is 79.9. The van der Waals surface area contributed by atoms with Crippen LogP contribution in [-0.4, -0.2) is 18.5 Å². The molecule has 0 bridgehead atoms. The van der Waals surface area contributed by atoms with E-state index in [1.165, 1.54) is 0 Å². The van der Waals surface area contributed by atoms with E-state index in [1.54, 1.807) is 0 Å². The van der Waals surface area contributed by atoms with Crippen molar-refractivity contribution >= 4 is 33.5 Å². The molecule has 4 nitrogen and oxygen atoms in total. The SMILES string of the molecule is CC1CC1C(=O)OCC(=O)Nc1c(F)cc(F)cc1Br. The fourth-order valence-corrected chi connectivity index (χ4v) is 2.24. The van der Waals surface area contributed by atoms with Crippen molar-refractivity contribution < 1.29 is 23.1 Å². The predicted octanol–water partition coefficient (Wildman–Crippen LogP) is 2.87. The second-order valence-corrected chi connectivity index (χ2v) is 5.57. The summed E-state index contributed by atoms with van der Waals surface area (Å²) in [6, 6.07) is 1.68. The third-order valence-electron chi connectivity index (χ3n) is 3.03. The van der Waals surface area contributed by atoms with Crippen molar-refractivity contribution in [3.63, 3.8) is 0 Å². The van der Waals surface area contributed by atoms with E-state index in [0.29, 0.717) is 6.07 Å². The molecule has 7 heteroatoms. The predicted molar refractivity (Wildman–Crippen MR) is 70.9 cm³/mol. The van der Waals surface area contributed by atoms with Gasteiger partial charge in [0.15, 0.2) is 12.4 Å². The first kappa shape index (κ1) is 14.9. The molecule has 2 rings (SSSR count). The molecular formula is C13H12BrF2NO3. The lowest BCUT2D eigenvalue weighted by Crippen LogP contribution is -2.22. The van der Waals surface area contributed by atoms with Gasteiger partial charge in [0.25, 0.3) is 5.91 Å². The summed E-state index contributed by atoms with van der Waals surface area (Å²) in [6.07, 6.45) is 0.762. The standard InChI is InChI=1S/C13H12BrF2NO3/c1-6-2-8(6)13(19)20-5-11(18)17-12-9(14)3-7(15)4-10(12)16/h3-4,6,8H,2,5H2,1H3,(H,17,18). The summed E-state index contributed by atoms with van der Waals surface area (Å²) in [4.78, 5) is 23.0. The van der Waals surface area contributed by atoms with Crippen molar-refractivity contribution in [3.05, 3.63) is 28.2 Å². The Balaban J connectivity index is 1.90. The quantitative estimate of drug-likeness (QED) is 0.852. The van der Waals surface area contributed by atoms with Gasteiger partial charge in [-0.2, -0.15) is 0 Å². The number of rotatable bonds is 4. The Morgan fingerprint density at radius 2 is 2.10 bits per heavy atom. The van der Waals surface area contributed by atoms with E-state index in [1.807, 2.05) is 6.92 Å². The van der Waals surface area contributed by atoms with E-state index in [4.69, 9.17) is 4.74 Å². The summed E-state index contributed by atoms with van der Waals surface area (Å²) in [5.41, 5.74) is -0.188. The van der Waals surface area contributed by atoms with Crippen LogP contribution in [0.3, 0.4) is 0 Å². The summed E-state index contributed by atoms with van der Waals surface area (Å²) < 4.78 is 31.2. The zero-order valence-corrected chi connectivity index (χ0v) is 12.2. The molecule has 1 aromatic carbocycles. The van der Waals surface area contributed by atoms with Gasteiger partial charge < -0.3 is 10.1 Å². The molecule has 108 valence electrons. The molecule has 0 aliphatic heterocycles. The van der Waals surface area contributed by atoms with E-state index in [2.05, 4.69) is 21.2 Å². The first-order valence-electron chi connectivity index (χ1n) is 5.99. The third kappa shape index (κ3) is 3.53. The topological polar surface area (TPSA) is 55.4 Å². The van der Waals surface area contributed by atoms with Crippen LogP contribution in [0.4, 0.5) is 14.5 Å². The summed E-state index contributed by atoms with van der Waals surface area (Å²) in [6.45, 7) is 1.42. The second-order valence-electron chi connectivity index (χ2n) is 4.72. The van der Waals surface area contributed by atoms with Gasteiger partial charge >= 0.3 is 5.97 Å². The lowest BCUT2D eigenvalue weighted by atomic mass is 10.3. The molecule has 0 heterocycles. The number of ether oxygens (including phenoxy) is 1. The average Bonchev–Trinajstić information content (AvgIpc) is 3.08. The van der Waals surface area contributed by atoms with Crippen molar-refractivity contribution in [1.29, 1.82) is 0 Å². The van der Waals surface area contributed by atoms with Gasteiger partial charge in [0.1, 0.15) is 5.82 Å². The lowest BCUT2D eigenvalue weighted by molar-refractivity contribution is -0.148. The first-order chi connectivity index (χ1) is 9.38. The van der Waals surface area contributed by atoms with E-state index < -0.39 is 30.1 Å². The van der Waals surface area contributed by atoms with Crippen molar-refractivity contribution in [2.45, 2.75) is 13.3 Å². The van der Waals surface area contributed by atoms with Gasteiger partial charge in [0.2, 0.25) is 0 Å². The van der Waals surface area contributed by atoms with Crippen molar-refractivity contribution in [3.8, 4) is 0 Å². The number of anilines is 1. The summed E-state index contributed by atoms with van der Waals surface area (Å²) in [7, 11) is 0. The molecule has 1 fully saturated rings. The van der Waals surface area contributed by atoms with Gasteiger partial charge in [0, 0.05) is 10.5 Å². The van der Waals surface area contributed by atoms with Crippen molar-refractivity contribution in [2.24, 2.45) is 11.8 Å². The maximum Gasteiger partial charge on any atom is 0.309 e. The lowest BCUT2D eigenvalue weighted by Gasteiger charge is -2.09. The molecule has 2 unspecified atom stereocenters. The smallest absolute Gasteiger partial charge is 0.309 e. The molecule has 1 N–H and O–H groups in total. The van der Waals surface area contributed by atoms with Crippen molar-refractivity contribution in [1.82, 2.24) is 0 Å². The van der Waals surface area contributed by atoms with Crippen LogP contribution in [0.2, 0.25) is 0 Å². The van der Waals surface area contributed by atoms with Crippen LogP contribution >= 0.6 is 15.9 Å². The number of carbonyl (C=O) groups excluding carboxylic acids is 2. The van der Waals surface area contributed by atoms with Crippen LogP contribution in [-0.2, 0) is 14.3 Å². The molecule has 0 aromatic heterocycles. The summed E-state index contributed by atoms with van der Waals surface area (Å²) in [5, 5.41) is 2.23. The highest BCUT2D eigenvalue weighted by Gasteiger charge is 2.40. The highest BCUT2D eigenvalue weighted by molar-refractivity contribution is 9.10. The number of amides is 1. The zero-order chi connectivity index (χ0) is 14.9. The Hall–Kier alpha value is -1.50. The Bertz CT molecular complexity index is 542. The summed E-state index contributed by atoms with van der Waals surface area (Å²) >= 11 is 2.95. The fourth-order valence-electron chi connectivity index (χ4n) is 1.73. The number of hydrogen-bond acceptors (Lipinski definition) is 3. The van der Waals surface area contributed by atoms with Gasteiger partial charge in [-0.05, 0) is 34.3 Å². The largest absolute Gasteiger partial charge is 0.455 e. The highest BCUT2D eigenvalue weighted by Crippen LogP contribution is 2.38. The normalized spacial score (nSPS) is 20.4. The van der Waals surface area contributed by atoms with Crippen LogP contribution in [0, 0.1) is 23.5 Å². The molecule has 1 aliphatic rings. The Kier molecular flexibility index (Phi) is 4.37. The van der Waals surface area contributed by atoms with Crippen LogP contribution in [0.1, 0.15) is 13.3 Å². The van der Waals surface area contributed by atoms with E-state index in [-0.39, 0.29) is 22.0 Å². The minimum absolute atomic E-state index is 0.0745. The molecule has 1 amide bonds. The maximum atomic E-state index is 13.5. The molecule has 1 aromatic rings. The van der Waals surface area contributed by atoms with Crippen LogP contribution in [0.15, 0.2) is 16.6 Å². The molecule has 1 aliphatic carbocycles. The number of benzene rings is 1. The second kappa shape index (κ2) is 5.87. The van der Waals surface area contributed by atoms with Crippen molar-refractivity contribution in [2.75, 3.05) is 11.9 Å². The average molecular weight is 348 g/mol. The van der Waals surface area contributed by atoms with E-state index in [0.717, 1.165) is 12.5 Å². The number of halogens is 3. The minimum Gasteiger partial charge on any atom is -0.455 e. The molecule has 0 spiro atoms. The molecular weight excluding hydrogens is 336 g/mol. The first-order valence-corrected chi connectivity index (χ1v) is 6.79. The van der Waals surface area contributed by atoms with E-state index >= 15 is 0 Å². The van der Waals surface area contributed by atoms with Gasteiger partial charge in [0.05, 0.1) is 11.6 Å². The number of hydrogen-bond donors (Lipinski definition) is 1. The Morgan fingerprint density at radius 1 is 1.45 bits per heavy atom. The fraction of sp³-hybridized carbons (Fsp3) is 0.385. The Labute approximate surface area is 122 Å². The number of carbonyl (C=O) groups is 2. The van der Waals surface area contributed by atoms with Gasteiger partial charge in [-0.1, -0.05) is 6.92 Å². The Morgan fingerprint density at radius 3 is 2.65 bits per heavy atom. The molecule has 1 saturated carbocycles. The monoisotopic (exact) mass is 347 g/mol. The third-order valence-corrected chi connectivity index (χ3v) is 3.65. The minimum atomic E-state index is -0.910. The number of nitrogens with one attached hydrogen (secondary N) is 1. The van der Waals surface area contributed by atoms with Crippen LogP contribution < -0.4 is 5.32 Å². The maximum absolute atomic E-state index is 13.5. The van der Waals surface area contributed by atoms with Crippen LogP contribution in [0.5, 0.6) is 0 Å². The van der Waals surface area contributed by atoms with Gasteiger partial charge in [-0.3, -0.25) is 9.59 Å². The molecule has 0 radical (unpaired) electrons. The molecule has 0 saturated heterocycles. The zero-order valence-electron chi connectivity index (χ0n) is 10.6. The molecule has 20 heavy (non-hydrogen) atoms. The van der Waals surface area contributed by atoms with E-state index in [9.17, 15) is 18.4 Å². The molecule has 2 atom stereocenters. The number of esters is 1. The van der Waals surface area contributed by atoms with Gasteiger partial charge in [-0.25, -0.2) is 8.78 Å². The van der Waals surface area contributed by atoms with Crippen LogP contribution in [0.25, 0.3) is 0 Å².